The van der Waals surface area contributed by atoms with Crippen molar-refractivity contribution < 1.29 is 9.90 Å². The summed E-state index contributed by atoms with van der Waals surface area (Å²) in [5, 5.41) is 13.6. The number of aryl methyl sites for hydroxylation is 1. The monoisotopic (exact) mass is 203 g/mol. The molecule has 12 heavy (non-hydrogen) atoms. The first-order valence-electron chi connectivity index (χ1n) is 3.27. The lowest BCUT2D eigenvalue weighted by atomic mass is 10.5. The van der Waals surface area contributed by atoms with Crippen LogP contribution in [0.15, 0.2) is 4.21 Å². The summed E-state index contributed by atoms with van der Waals surface area (Å²) in [5.41, 5.74) is 0.776. The minimum atomic E-state index is -1.06. The molecule has 0 radical (unpaired) electrons. The molecule has 0 unspecified atom stereocenters. The highest BCUT2D eigenvalue weighted by molar-refractivity contribution is 8.02. The van der Waals surface area contributed by atoms with Gasteiger partial charge in [0.25, 0.3) is 0 Å². The van der Waals surface area contributed by atoms with Crippen LogP contribution in [-0.2, 0) is 4.79 Å². The van der Waals surface area contributed by atoms with Gasteiger partial charge in [0, 0.05) is 5.25 Å². The van der Waals surface area contributed by atoms with E-state index in [9.17, 15) is 9.90 Å². The zero-order valence-corrected chi connectivity index (χ0v) is 8.24. The van der Waals surface area contributed by atoms with Crippen LogP contribution < -0.4 is 5.11 Å². The first-order chi connectivity index (χ1) is 5.61. The molecule has 1 atom stereocenters. The van der Waals surface area contributed by atoms with Crippen molar-refractivity contribution in [3.8, 4) is 0 Å². The van der Waals surface area contributed by atoms with Crippen LogP contribution >= 0.6 is 23.3 Å². The van der Waals surface area contributed by atoms with Gasteiger partial charge in [-0.25, -0.2) is 0 Å². The van der Waals surface area contributed by atoms with Gasteiger partial charge in [-0.05, 0) is 25.4 Å². The molecule has 0 N–H and O–H groups in total. The Hall–Kier alpha value is -0.620. The normalized spacial score (nSPS) is 12.8. The maximum atomic E-state index is 10.4. The summed E-state index contributed by atoms with van der Waals surface area (Å²) in [4.78, 5) is 10.4. The van der Waals surface area contributed by atoms with Crippen LogP contribution in [0.1, 0.15) is 12.6 Å². The van der Waals surface area contributed by atoms with E-state index in [1.54, 1.807) is 13.8 Å². The SMILES string of the molecule is Cc1nnsc1S[C@@H](C)C(=O)[O-]. The van der Waals surface area contributed by atoms with Gasteiger partial charge in [-0.1, -0.05) is 4.49 Å². The Kier molecular flexibility index (Phi) is 3.05. The van der Waals surface area contributed by atoms with Crippen LogP contribution in [0.3, 0.4) is 0 Å². The number of carboxylic acid groups (broad SMARTS) is 1. The fourth-order valence-electron chi connectivity index (χ4n) is 0.541. The largest absolute Gasteiger partial charge is 0.549 e. The van der Waals surface area contributed by atoms with E-state index in [2.05, 4.69) is 9.59 Å². The number of aliphatic carboxylic acids is 1. The second-order valence-corrected chi connectivity index (χ2v) is 4.59. The van der Waals surface area contributed by atoms with E-state index in [4.69, 9.17) is 0 Å². The lowest BCUT2D eigenvalue weighted by Crippen LogP contribution is -2.31. The van der Waals surface area contributed by atoms with Crippen LogP contribution in [0.2, 0.25) is 0 Å². The zero-order chi connectivity index (χ0) is 9.14. The number of nitrogens with zero attached hydrogens (tertiary/aromatic N) is 2. The molecule has 0 amide bonds. The van der Waals surface area contributed by atoms with Crippen molar-refractivity contribution in [3.63, 3.8) is 0 Å². The minimum absolute atomic E-state index is 0.550. The topological polar surface area (TPSA) is 65.9 Å². The van der Waals surface area contributed by atoms with Crippen LogP contribution in [-0.4, -0.2) is 20.8 Å². The fraction of sp³-hybridized carbons (Fsp3) is 0.500. The summed E-state index contributed by atoms with van der Waals surface area (Å²) in [6.45, 7) is 3.38. The van der Waals surface area contributed by atoms with Gasteiger partial charge >= 0.3 is 0 Å². The number of thioether (sulfide) groups is 1. The Balaban J connectivity index is 2.64. The molecule has 6 heteroatoms. The van der Waals surface area contributed by atoms with Crippen LogP contribution in [0.4, 0.5) is 0 Å². The van der Waals surface area contributed by atoms with Crippen molar-refractivity contribution in [1.82, 2.24) is 9.59 Å². The Morgan fingerprint density at radius 1 is 1.75 bits per heavy atom. The standard InChI is InChI=1S/C6H8N2O2S2/c1-3-6(12-8-7-3)11-4(2)5(9)10/h4H,1-2H3,(H,9,10)/p-1/t4-/m0/s1. The van der Waals surface area contributed by atoms with Gasteiger partial charge < -0.3 is 9.90 Å². The van der Waals surface area contributed by atoms with E-state index >= 15 is 0 Å². The van der Waals surface area contributed by atoms with E-state index < -0.39 is 11.2 Å². The van der Waals surface area contributed by atoms with Crippen LogP contribution in [0.25, 0.3) is 0 Å². The molecule has 0 spiro atoms. The molecule has 0 aliphatic rings. The van der Waals surface area contributed by atoms with Gasteiger partial charge in [0.2, 0.25) is 0 Å². The molecular weight excluding hydrogens is 196 g/mol. The Morgan fingerprint density at radius 2 is 2.42 bits per heavy atom. The number of carboxylic acids is 1. The van der Waals surface area contributed by atoms with Crippen LogP contribution in [0, 0.1) is 6.92 Å². The average molecular weight is 203 g/mol. The number of aromatic nitrogens is 2. The summed E-state index contributed by atoms with van der Waals surface area (Å²) in [6.07, 6.45) is 0. The maximum absolute atomic E-state index is 10.4. The van der Waals surface area contributed by atoms with E-state index in [1.807, 2.05) is 0 Å². The molecule has 0 aliphatic heterocycles. The van der Waals surface area contributed by atoms with Crippen molar-refractivity contribution in [2.75, 3.05) is 0 Å². The second kappa shape index (κ2) is 3.86. The third-order valence-electron chi connectivity index (χ3n) is 1.23. The Labute approximate surface area is 78.2 Å². The van der Waals surface area contributed by atoms with E-state index in [0.717, 1.165) is 9.90 Å². The number of carbonyl (C=O) groups excluding carboxylic acids is 1. The molecule has 0 fully saturated rings. The summed E-state index contributed by atoms with van der Waals surface area (Å²) in [5.74, 6) is -1.06. The third kappa shape index (κ3) is 2.18. The van der Waals surface area contributed by atoms with Crippen molar-refractivity contribution in [3.05, 3.63) is 5.69 Å². The van der Waals surface area contributed by atoms with Gasteiger partial charge in [-0.3, -0.25) is 0 Å². The molecule has 1 aromatic heterocycles. The molecule has 0 aliphatic carbocycles. The first kappa shape index (κ1) is 9.47. The van der Waals surface area contributed by atoms with Crippen LogP contribution in [0.5, 0.6) is 0 Å². The molecule has 66 valence electrons. The first-order valence-corrected chi connectivity index (χ1v) is 4.93. The number of hydrogen-bond acceptors (Lipinski definition) is 6. The van der Waals surface area contributed by atoms with Crippen molar-refractivity contribution in [1.29, 1.82) is 0 Å². The van der Waals surface area contributed by atoms with Crippen molar-refractivity contribution in [2.24, 2.45) is 0 Å². The number of rotatable bonds is 3. The molecule has 0 saturated carbocycles. The zero-order valence-electron chi connectivity index (χ0n) is 6.60. The summed E-state index contributed by atoms with van der Waals surface area (Å²) in [7, 11) is 0. The Bertz CT molecular complexity index is 287. The predicted octanol–water partition coefficient (Wildman–Crippen LogP) is 0.0770. The molecule has 0 aromatic carbocycles. The number of hydrogen-bond donors (Lipinski definition) is 0. The molecule has 0 saturated heterocycles. The molecule has 1 rings (SSSR count). The quantitative estimate of drug-likeness (QED) is 0.651. The number of carbonyl (C=O) groups is 1. The molecular formula is C6H7N2O2S2-. The maximum Gasteiger partial charge on any atom is 0.105 e. The molecule has 1 aromatic rings. The Morgan fingerprint density at radius 3 is 2.83 bits per heavy atom. The predicted molar refractivity (Wildman–Crippen MR) is 45.0 cm³/mol. The minimum Gasteiger partial charge on any atom is -0.549 e. The lowest BCUT2D eigenvalue weighted by Gasteiger charge is -2.09. The van der Waals surface area contributed by atoms with Gasteiger partial charge in [-0.15, -0.1) is 16.9 Å². The molecule has 0 bridgehead atoms. The smallest absolute Gasteiger partial charge is 0.105 e. The van der Waals surface area contributed by atoms with Gasteiger partial charge in [0.1, 0.15) is 4.21 Å². The highest BCUT2D eigenvalue weighted by atomic mass is 32.2. The van der Waals surface area contributed by atoms with E-state index in [0.29, 0.717) is 0 Å². The lowest BCUT2D eigenvalue weighted by molar-refractivity contribution is -0.304. The molecule has 4 nitrogen and oxygen atoms in total. The van der Waals surface area contributed by atoms with E-state index in [1.165, 1.54) is 23.3 Å². The van der Waals surface area contributed by atoms with Gasteiger partial charge in [0.05, 0.1) is 11.7 Å². The van der Waals surface area contributed by atoms with Crippen molar-refractivity contribution >= 4 is 29.3 Å². The highest BCUT2D eigenvalue weighted by Crippen LogP contribution is 2.27. The van der Waals surface area contributed by atoms with Gasteiger partial charge in [-0.2, -0.15) is 0 Å². The second-order valence-electron chi connectivity index (χ2n) is 2.22. The molecule has 1 heterocycles. The van der Waals surface area contributed by atoms with E-state index in [-0.39, 0.29) is 0 Å². The van der Waals surface area contributed by atoms with Gasteiger partial charge in [0.15, 0.2) is 0 Å². The summed E-state index contributed by atoms with van der Waals surface area (Å²) < 4.78 is 4.53. The summed E-state index contributed by atoms with van der Waals surface area (Å²) in [6, 6.07) is 0. The third-order valence-corrected chi connectivity index (χ3v) is 3.42. The highest BCUT2D eigenvalue weighted by Gasteiger charge is 2.09. The fourth-order valence-corrected chi connectivity index (χ4v) is 2.29. The van der Waals surface area contributed by atoms with Crippen molar-refractivity contribution in [2.45, 2.75) is 23.3 Å². The summed E-state index contributed by atoms with van der Waals surface area (Å²) >= 11 is 2.42. The average Bonchev–Trinajstić information content (AvgIpc) is 2.36.